The molecule has 1 aliphatic heterocycles. The van der Waals surface area contributed by atoms with Crippen molar-refractivity contribution in [3.05, 3.63) is 48.0 Å². The molecule has 0 unspecified atom stereocenters. The Hall–Kier alpha value is -3.03. The van der Waals surface area contributed by atoms with Gasteiger partial charge in [0.15, 0.2) is 11.5 Å². The summed E-state index contributed by atoms with van der Waals surface area (Å²) in [6.45, 7) is 0.971. The number of carbonyl (C=O) groups is 1. The van der Waals surface area contributed by atoms with Crippen molar-refractivity contribution in [1.29, 1.82) is 0 Å². The predicted octanol–water partition coefficient (Wildman–Crippen LogP) is 3.66. The zero-order chi connectivity index (χ0) is 21.0. The van der Waals surface area contributed by atoms with E-state index in [-0.39, 0.29) is 23.5 Å². The van der Waals surface area contributed by atoms with Crippen LogP contribution in [0.25, 0.3) is 0 Å². The fourth-order valence-electron chi connectivity index (χ4n) is 3.38. The number of para-hydroxylation sites is 2. The average Bonchev–Trinajstić information content (AvgIpc) is 2.72. The molecular weight excluding hydrogens is 382 g/mol. The van der Waals surface area contributed by atoms with Gasteiger partial charge < -0.3 is 24.0 Å². The maximum Gasteiger partial charge on any atom is 0.387 e. The third kappa shape index (κ3) is 4.70. The molecule has 1 atom stereocenters. The maximum absolute atomic E-state index is 12.8. The average molecular weight is 406 g/mol. The number of ether oxygens (including phenoxy) is 3. The molecule has 2 aromatic carbocycles. The molecule has 156 valence electrons. The standard InChI is InChI=1S/C21H24F2N2O4/c1-4-25-13-15(28-17-8-6-5-7-16(17)25)12-24(2)20(26)14-9-10-18(29-21(22)23)19(11-14)27-3/h5-11,15,21H,4,12-13H2,1-3H3/t15-/m1/s1. The number of hydrogen-bond acceptors (Lipinski definition) is 5. The van der Waals surface area contributed by atoms with Crippen molar-refractivity contribution < 1.29 is 27.8 Å². The zero-order valence-corrected chi connectivity index (χ0v) is 16.6. The highest BCUT2D eigenvalue weighted by Gasteiger charge is 2.27. The number of anilines is 1. The molecule has 0 radical (unpaired) electrons. The molecule has 1 amide bonds. The molecule has 0 aromatic heterocycles. The maximum atomic E-state index is 12.8. The molecule has 0 spiro atoms. The van der Waals surface area contributed by atoms with Crippen LogP contribution in [-0.2, 0) is 0 Å². The van der Waals surface area contributed by atoms with E-state index in [0.29, 0.717) is 18.7 Å². The molecule has 3 rings (SSSR count). The van der Waals surface area contributed by atoms with Gasteiger partial charge >= 0.3 is 6.61 Å². The van der Waals surface area contributed by atoms with E-state index in [1.807, 2.05) is 24.3 Å². The van der Waals surface area contributed by atoms with Crippen molar-refractivity contribution in [1.82, 2.24) is 4.90 Å². The van der Waals surface area contributed by atoms with E-state index in [1.165, 1.54) is 25.3 Å². The van der Waals surface area contributed by atoms with Crippen molar-refractivity contribution in [2.75, 3.05) is 38.7 Å². The van der Waals surface area contributed by atoms with Crippen LogP contribution in [0.1, 0.15) is 17.3 Å². The fraction of sp³-hybridized carbons (Fsp3) is 0.381. The molecule has 0 aliphatic carbocycles. The zero-order valence-electron chi connectivity index (χ0n) is 16.6. The largest absolute Gasteiger partial charge is 0.493 e. The van der Waals surface area contributed by atoms with E-state index in [9.17, 15) is 13.6 Å². The predicted molar refractivity (Wildman–Crippen MR) is 105 cm³/mol. The number of halogens is 2. The second kappa shape index (κ2) is 8.98. The van der Waals surface area contributed by atoms with E-state index in [2.05, 4.69) is 16.6 Å². The van der Waals surface area contributed by atoms with Gasteiger partial charge in [-0.15, -0.1) is 0 Å². The van der Waals surface area contributed by atoms with Crippen LogP contribution in [0.2, 0.25) is 0 Å². The van der Waals surface area contributed by atoms with Crippen LogP contribution in [0, 0.1) is 0 Å². The van der Waals surface area contributed by atoms with Gasteiger partial charge in [0.25, 0.3) is 5.91 Å². The van der Waals surface area contributed by atoms with Gasteiger partial charge in [-0.2, -0.15) is 8.78 Å². The van der Waals surface area contributed by atoms with Crippen LogP contribution < -0.4 is 19.1 Å². The van der Waals surface area contributed by atoms with Gasteiger partial charge in [0.2, 0.25) is 0 Å². The number of carbonyl (C=O) groups excluding carboxylic acids is 1. The lowest BCUT2D eigenvalue weighted by Gasteiger charge is -2.37. The van der Waals surface area contributed by atoms with Gasteiger partial charge in [-0.1, -0.05) is 12.1 Å². The number of methoxy groups -OCH3 is 1. The summed E-state index contributed by atoms with van der Waals surface area (Å²) < 4.78 is 40.5. The van der Waals surface area contributed by atoms with E-state index in [1.54, 1.807) is 11.9 Å². The minimum atomic E-state index is -2.97. The first-order chi connectivity index (χ1) is 13.9. The number of amides is 1. The van der Waals surface area contributed by atoms with Crippen molar-refractivity contribution in [2.45, 2.75) is 19.6 Å². The highest BCUT2D eigenvalue weighted by atomic mass is 19.3. The summed E-state index contributed by atoms with van der Waals surface area (Å²) in [5.74, 6) is 0.482. The Bertz CT molecular complexity index is 862. The van der Waals surface area contributed by atoms with Crippen molar-refractivity contribution in [2.24, 2.45) is 0 Å². The molecule has 2 aromatic rings. The number of fused-ring (bicyclic) bond motifs is 1. The van der Waals surface area contributed by atoms with Crippen LogP contribution in [0.3, 0.4) is 0 Å². The van der Waals surface area contributed by atoms with Crippen LogP contribution >= 0.6 is 0 Å². The normalized spacial score (nSPS) is 15.5. The van der Waals surface area contributed by atoms with Gasteiger partial charge in [0, 0.05) is 19.2 Å². The molecule has 0 saturated carbocycles. The smallest absolute Gasteiger partial charge is 0.387 e. The Kier molecular flexibility index (Phi) is 6.41. The Morgan fingerprint density at radius 3 is 2.72 bits per heavy atom. The first-order valence-electron chi connectivity index (χ1n) is 9.31. The molecule has 8 heteroatoms. The lowest BCUT2D eigenvalue weighted by molar-refractivity contribution is -0.0512. The van der Waals surface area contributed by atoms with Crippen molar-refractivity contribution >= 4 is 11.6 Å². The van der Waals surface area contributed by atoms with Crippen molar-refractivity contribution in [3.63, 3.8) is 0 Å². The second-order valence-electron chi connectivity index (χ2n) is 6.68. The third-order valence-electron chi connectivity index (χ3n) is 4.76. The minimum Gasteiger partial charge on any atom is -0.493 e. The van der Waals surface area contributed by atoms with E-state index >= 15 is 0 Å². The van der Waals surface area contributed by atoms with Crippen LogP contribution in [0.15, 0.2) is 42.5 Å². The first-order valence-corrected chi connectivity index (χ1v) is 9.31. The fourth-order valence-corrected chi connectivity index (χ4v) is 3.38. The number of alkyl halides is 2. The Balaban J connectivity index is 1.71. The molecule has 29 heavy (non-hydrogen) atoms. The molecule has 0 bridgehead atoms. The highest BCUT2D eigenvalue weighted by molar-refractivity contribution is 5.94. The Labute approximate surface area is 168 Å². The highest BCUT2D eigenvalue weighted by Crippen LogP contribution is 2.33. The van der Waals surface area contributed by atoms with E-state index in [0.717, 1.165) is 18.0 Å². The minimum absolute atomic E-state index is 0.0737. The summed E-state index contributed by atoms with van der Waals surface area (Å²) >= 11 is 0. The second-order valence-corrected chi connectivity index (χ2v) is 6.68. The molecule has 1 aliphatic rings. The van der Waals surface area contributed by atoms with Gasteiger partial charge in [-0.05, 0) is 37.3 Å². The third-order valence-corrected chi connectivity index (χ3v) is 4.76. The number of benzene rings is 2. The summed E-state index contributed by atoms with van der Waals surface area (Å²) in [5, 5.41) is 0. The molecular formula is C21H24F2N2O4. The summed E-state index contributed by atoms with van der Waals surface area (Å²) in [6.07, 6.45) is -0.192. The monoisotopic (exact) mass is 406 g/mol. The summed E-state index contributed by atoms with van der Waals surface area (Å²) in [5.41, 5.74) is 1.36. The van der Waals surface area contributed by atoms with Crippen LogP contribution in [0.4, 0.5) is 14.5 Å². The Morgan fingerprint density at radius 1 is 1.28 bits per heavy atom. The van der Waals surface area contributed by atoms with Gasteiger partial charge in [0.1, 0.15) is 11.9 Å². The van der Waals surface area contributed by atoms with Gasteiger partial charge in [-0.25, -0.2) is 0 Å². The number of rotatable bonds is 7. The molecule has 0 fully saturated rings. The van der Waals surface area contributed by atoms with Gasteiger partial charge in [0.05, 0.1) is 25.9 Å². The van der Waals surface area contributed by atoms with Crippen LogP contribution in [0.5, 0.6) is 17.2 Å². The van der Waals surface area contributed by atoms with Gasteiger partial charge in [-0.3, -0.25) is 4.79 Å². The van der Waals surface area contributed by atoms with Crippen molar-refractivity contribution in [3.8, 4) is 17.2 Å². The lowest BCUT2D eigenvalue weighted by atomic mass is 10.1. The van der Waals surface area contributed by atoms with E-state index < -0.39 is 6.61 Å². The number of hydrogen-bond donors (Lipinski definition) is 0. The topological polar surface area (TPSA) is 51.2 Å². The summed E-state index contributed by atoms with van der Waals surface area (Å²) in [6, 6.07) is 11.9. The summed E-state index contributed by atoms with van der Waals surface area (Å²) in [4.78, 5) is 16.6. The SMILES string of the molecule is CCN1C[C@@H](CN(C)C(=O)c2ccc(OC(F)F)c(OC)c2)Oc2ccccc21. The number of nitrogens with zero attached hydrogens (tertiary/aromatic N) is 2. The van der Waals surface area contributed by atoms with Crippen LogP contribution in [-0.4, -0.2) is 57.3 Å². The molecule has 0 N–H and O–H groups in total. The number of likely N-dealkylation sites (N-methyl/N-ethyl adjacent to an activating group) is 2. The van der Waals surface area contributed by atoms with E-state index in [4.69, 9.17) is 9.47 Å². The molecule has 1 heterocycles. The quantitative estimate of drug-likeness (QED) is 0.703. The molecule has 6 nitrogen and oxygen atoms in total. The first kappa shape index (κ1) is 20.7. The lowest BCUT2D eigenvalue weighted by Crippen LogP contribution is -2.46. The molecule has 0 saturated heterocycles. The Morgan fingerprint density at radius 2 is 2.03 bits per heavy atom. The summed E-state index contributed by atoms with van der Waals surface area (Å²) in [7, 11) is 3.01.